The maximum Gasteiger partial charge on any atom is 0.234 e. The van der Waals surface area contributed by atoms with E-state index in [9.17, 15) is 13.6 Å². The number of nitrogens with one attached hydrogen (secondary N) is 1. The smallest absolute Gasteiger partial charge is 0.234 e. The second-order valence-electron chi connectivity index (χ2n) is 8.03. The van der Waals surface area contributed by atoms with Gasteiger partial charge in [0.05, 0.1) is 20.0 Å². The van der Waals surface area contributed by atoms with Gasteiger partial charge in [-0.15, -0.1) is 10.2 Å². The minimum atomic E-state index is -0.750. The third kappa shape index (κ3) is 5.49. The molecular weight excluding hydrogens is 462 g/mol. The molecule has 0 spiro atoms. The Morgan fingerprint density at radius 2 is 1.74 bits per heavy atom. The van der Waals surface area contributed by atoms with E-state index < -0.39 is 11.6 Å². The summed E-state index contributed by atoms with van der Waals surface area (Å²) in [4.78, 5) is 12.5. The number of hydrogen-bond acceptors (Lipinski definition) is 6. The third-order valence-corrected chi connectivity index (χ3v) is 6.67. The van der Waals surface area contributed by atoms with Crippen LogP contribution in [-0.4, -0.2) is 40.6 Å². The Hall–Kier alpha value is -3.14. The number of halogens is 2. The number of carbonyl (C=O) groups excluding carboxylic acids is 1. The van der Waals surface area contributed by atoms with Crippen LogP contribution in [0.15, 0.2) is 41.6 Å². The molecule has 1 saturated carbocycles. The van der Waals surface area contributed by atoms with Crippen molar-refractivity contribution >= 4 is 23.4 Å². The fraction of sp³-hybridized carbons (Fsp3) is 0.375. The van der Waals surface area contributed by atoms with Gasteiger partial charge in [0.15, 0.2) is 22.5 Å². The Labute approximate surface area is 200 Å². The van der Waals surface area contributed by atoms with Crippen molar-refractivity contribution in [1.82, 2.24) is 14.8 Å². The Kier molecular flexibility index (Phi) is 7.66. The number of rotatable bonds is 8. The Bertz CT molecular complexity index is 1140. The van der Waals surface area contributed by atoms with Crippen molar-refractivity contribution in [3.8, 4) is 22.9 Å². The van der Waals surface area contributed by atoms with Gasteiger partial charge < -0.3 is 14.8 Å². The summed E-state index contributed by atoms with van der Waals surface area (Å²) in [6.45, 7) is 0. The Morgan fingerprint density at radius 1 is 1.03 bits per heavy atom. The molecule has 1 fully saturated rings. The van der Waals surface area contributed by atoms with Crippen LogP contribution in [-0.2, 0) is 4.79 Å². The summed E-state index contributed by atoms with van der Waals surface area (Å²) in [6, 6.07) is 8.72. The van der Waals surface area contributed by atoms with Crippen molar-refractivity contribution in [1.29, 1.82) is 0 Å². The average Bonchev–Trinajstić information content (AvgIpc) is 3.26. The van der Waals surface area contributed by atoms with E-state index in [1.807, 2.05) is 18.2 Å². The number of nitrogens with zero attached hydrogens (tertiary/aromatic N) is 3. The summed E-state index contributed by atoms with van der Waals surface area (Å²) in [7, 11) is 3.16. The predicted molar refractivity (Wildman–Crippen MR) is 126 cm³/mol. The van der Waals surface area contributed by atoms with Gasteiger partial charge in [-0.25, -0.2) is 8.78 Å². The van der Waals surface area contributed by atoms with Gasteiger partial charge in [-0.1, -0.05) is 31.0 Å². The molecule has 4 rings (SSSR count). The fourth-order valence-corrected chi connectivity index (χ4v) is 4.97. The van der Waals surface area contributed by atoms with Crippen LogP contribution in [0, 0.1) is 11.6 Å². The summed E-state index contributed by atoms with van der Waals surface area (Å²) in [6.07, 6.45) is 5.43. The van der Waals surface area contributed by atoms with E-state index in [1.165, 1.54) is 18.2 Å². The van der Waals surface area contributed by atoms with Crippen molar-refractivity contribution in [2.45, 2.75) is 43.3 Å². The van der Waals surface area contributed by atoms with E-state index in [-0.39, 0.29) is 23.4 Å². The standard InChI is InChI=1S/C24H26F2N4O3S/c1-32-20-9-8-15(10-21(20)33-2)23-28-29-24(30(23)19-6-4-3-5-7-19)34-14-22(31)27-18-12-16(25)11-17(26)13-18/h8-13,19H,3-7,14H2,1-2H3,(H,27,31). The van der Waals surface area contributed by atoms with Crippen LogP contribution >= 0.6 is 11.8 Å². The van der Waals surface area contributed by atoms with Crippen LogP contribution in [0.2, 0.25) is 0 Å². The monoisotopic (exact) mass is 488 g/mol. The highest BCUT2D eigenvalue weighted by molar-refractivity contribution is 7.99. The summed E-state index contributed by atoms with van der Waals surface area (Å²) < 4.78 is 39.7. The highest BCUT2D eigenvalue weighted by Gasteiger charge is 2.25. The van der Waals surface area contributed by atoms with Gasteiger partial charge in [-0.05, 0) is 43.2 Å². The van der Waals surface area contributed by atoms with Gasteiger partial charge in [0.2, 0.25) is 5.91 Å². The second-order valence-corrected chi connectivity index (χ2v) is 8.98. The molecule has 0 radical (unpaired) electrons. The maximum absolute atomic E-state index is 13.4. The molecule has 1 aliphatic rings. The lowest BCUT2D eigenvalue weighted by atomic mass is 9.95. The zero-order chi connectivity index (χ0) is 24.1. The molecule has 3 aromatic rings. The van der Waals surface area contributed by atoms with Gasteiger partial charge >= 0.3 is 0 Å². The molecule has 1 aromatic heterocycles. The molecule has 1 amide bonds. The van der Waals surface area contributed by atoms with Crippen LogP contribution in [0.4, 0.5) is 14.5 Å². The molecule has 0 saturated heterocycles. The van der Waals surface area contributed by atoms with Crippen LogP contribution < -0.4 is 14.8 Å². The molecule has 0 atom stereocenters. The van der Waals surface area contributed by atoms with Crippen LogP contribution in [0.5, 0.6) is 11.5 Å². The minimum absolute atomic E-state index is 0.0227. The summed E-state index contributed by atoms with van der Waals surface area (Å²) in [5.74, 6) is 0.0432. The molecule has 34 heavy (non-hydrogen) atoms. The van der Waals surface area contributed by atoms with E-state index in [0.29, 0.717) is 22.5 Å². The highest BCUT2D eigenvalue weighted by atomic mass is 32.2. The number of hydrogen-bond donors (Lipinski definition) is 1. The van der Waals surface area contributed by atoms with Crippen molar-refractivity contribution in [2.75, 3.05) is 25.3 Å². The van der Waals surface area contributed by atoms with E-state index in [4.69, 9.17) is 9.47 Å². The lowest BCUT2D eigenvalue weighted by Crippen LogP contribution is -2.17. The molecule has 2 aromatic carbocycles. The quantitative estimate of drug-likeness (QED) is 0.423. The normalized spacial score (nSPS) is 14.1. The molecule has 0 bridgehead atoms. The molecule has 1 N–H and O–H groups in total. The first-order valence-electron chi connectivity index (χ1n) is 11.0. The first kappa shape index (κ1) is 24.0. The lowest BCUT2D eigenvalue weighted by Gasteiger charge is -2.25. The van der Waals surface area contributed by atoms with Crippen molar-refractivity contribution in [3.63, 3.8) is 0 Å². The van der Waals surface area contributed by atoms with Gasteiger partial charge in [-0.3, -0.25) is 9.36 Å². The van der Waals surface area contributed by atoms with E-state index in [2.05, 4.69) is 20.1 Å². The van der Waals surface area contributed by atoms with Crippen LogP contribution in [0.1, 0.15) is 38.1 Å². The maximum atomic E-state index is 13.4. The molecular formula is C24H26F2N4O3S. The molecule has 0 unspecified atom stereocenters. The molecule has 1 aliphatic carbocycles. The number of thioether (sulfide) groups is 1. The number of aromatic nitrogens is 3. The molecule has 10 heteroatoms. The summed E-state index contributed by atoms with van der Waals surface area (Å²) >= 11 is 1.24. The number of amides is 1. The van der Waals surface area contributed by atoms with Crippen molar-refractivity contribution in [2.24, 2.45) is 0 Å². The molecule has 180 valence electrons. The number of ether oxygens (including phenoxy) is 2. The van der Waals surface area contributed by atoms with Crippen LogP contribution in [0.3, 0.4) is 0 Å². The molecule has 7 nitrogen and oxygen atoms in total. The van der Waals surface area contributed by atoms with E-state index >= 15 is 0 Å². The largest absolute Gasteiger partial charge is 0.493 e. The zero-order valence-corrected chi connectivity index (χ0v) is 19.8. The average molecular weight is 489 g/mol. The van der Waals surface area contributed by atoms with Gasteiger partial charge in [0.25, 0.3) is 0 Å². The predicted octanol–water partition coefficient (Wildman–Crippen LogP) is 5.48. The van der Waals surface area contributed by atoms with Crippen LogP contribution in [0.25, 0.3) is 11.4 Å². The first-order valence-corrected chi connectivity index (χ1v) is 12.0. The number of benzene rings is 2. The third-order valence-electron chi connectivity index (χ3n) is 5.72. The SMILES string of the molecule is COc1ccc(-c2nnc(SCC(=O)Nc3cc(F)cc(F)c3)n2C2CCCCC2)cc1OC. The van der Waals surface area contributed by atoms with Crippen molar-refractivity contribution < 1.29 is 23.0 Å². The van der Waals surface area contributed by atoms with Gasteiger partial charge in [0, 0.05) is 23.4 Å². The van der Waals surface area contributed by atoms with E-state index in [1.54, 1.807) is 14.2 Å². The Morgan fingerprint density at radius 3 is 2.41 bits per heavy atom. The topological polar surface area (TPSA) is 78.3 Å². The first-order chi connectivity index (χ1) is 16.5. The lowest BCUT2D eigenvalue weighted by molar-refractivity contribution is -0.113. The number of anilines is 1. The summed E-state index contributed by atoms with van der Waals surface area (Å²) in [5.41, 5.74) is 0.908. The van der Waals surface area contributed by atoms with E-state index in [0.717, 1.165) is 49.4 Å². The highest BCUT2D eigenvalue weighted by Crippen LogP contribution is 2.38. The minimum Gasteiger partial charge on any atom is -0.493 e. The number of carbonyl (C=O) groups is 1. The van der Waals surface area contributed by atoms with Gasteiger partial charge in [-0.2, -0.15) is 0 Å². The van der Waals surface area contributed by atoms with Crippen molar-refractivity contribution in [3.05, 3.63) is 48.0 Å². The molecule has 1 heterocycles. The fourth-order valence-electron chi connectivity index (χ4n) is 4.17. The Balaban J connectivity index is 1.57. The summed E-state index contributed by atoms with van der Waals surface area (Å²) in [5, 5.41) is 12.0. The van der Waals surface area contributed by atoms with Gasteiger partial charge in [0.1, 0.15) is 11.6 Å². The number of methoxy groups -OCH3 is 2. The molecule has 0 aliphatic heterocycles. The second kappa shape index (κ2) is 10.9. The zero-order valence-electron chi connectivity index (χ0n) is 19.0.